The van der Waals surface area contributed by atoms with Crippen LogP contribution in [-0.2, 0) is 20.6 Å². The van der Waals surface area contributed by atoms with Crippen molar-refractivity contribution in [2.75, 3.05) is 5.32 Å². The van der Waals surface area contributed by atoms with Crippen LogP contribution in [0, 0.1) is 0 Å². The third kappa shape index (κ3) is 2.68. The number of hydrogen-bond donors (Lipinski definition) is 1. The van der Waals surface area contributed by atoms with Crippen molar-refractivity contribution in [2.24, 2.45) is 14.1 Å². The van der Waals surface area contributed by atoms with Crippen molar-refractivity contribution >= 4 is 17.3 Å². The van der Waals surface area contributed by atoms with Crippen LogP contribution < -0.4 is 16.6 Å². The average Bonchev–Trinajstić information content (AvgIpc) is 2.40. The zero-order chi connectivity index (χ0) is 14.0. The zero-order valence-corrected chi connectivity index (χ0v) is 11.3. The van der Waals surface area contributed by atoms with E-state index in [0.717, 1.165) is 4.57 Å². The standard InChI is InChI=1S/C12H13ClN4O2/c1-16-7-8(11(18)17(2)12(16)19)6-15-9-4-3-5-14-10(9)13/h3-5,7,15H,6H2,1-2H3. The lowest BCUT2D eigenvalue weighted by molar-refractivity contribution is 0.671. The fraction of sp³-hybridized carbons (Fsp3) is 0.250. The molecule has 2 heterocycles. The third-order valence-electron chi connectivity index (χ3n) is 2.75. The van der Waals surface area contributed by atoms with E-state index >= 15 is 0 Å². The van der Waals surface area contributed by atoms with Crippen molar-refractivity contribution < 1.29 is 0 Å². The molecule has 100 valence electrons. The molecule has 0 spiro atoms. The van der Waals surface area contributed by atoms with E-state index in [4.69, 9.17) is 11.6 Å². The third-order valence-corrected chi connectivity index (χ3v) is 3.05. The molecule has 2 aromatic rings. The first-order valence-electron chi connectivity index (χ1n) is 5.60. The number of nitrogens with zero attached hydrogens (tertiary/aromatic N) is 3. The summed E-state index contributed by atoms with van der Waals surface area (Å²) < 4.78 is 2.44. The molecular weight excluding hydrogens is 268 g/mol. The van der Waals surface area contributed by atoms with E-state index in [1.165, 1.54) is 17.8 Å². The molecule has 0 amide bonds. The molecule has 0 aromatic carbocycles. The van der Waals surface area contributed by atoms with Crippen LogP contribution in [0.1, 0.15) is 5.56 Å². The van der Waals surface area contributed by atoms with E-state index in [0.29, 0.717) is 16.4 Å². The van der Waals surface area contributed by atoms with Gasteiger partial charge in [0.1, 0.15) is 0 Å². The second kappa shape index (κ2) is 5.27. The summed E-state index contributed by atoms with van der Waals surface area (Å²) in [6.45, 7) is 0.270. The monoisotopic (exact) mass is 280 g/mol. The van der Waals surface area contributed by atoms with Crippen LogP contribution in [0.15, 0.2) is 34.1 Å². The molecule has 6 nitrogen and oxygen atoms in total. The van der Waals surface area contributed by atoms with Crippen molar-refractivity contribution in [3.63, 3.8) is 0 Å². The first-order chi connectivity index (χ1) is 9.00. The number of nitrogens with one attached hydrogen (secondary N) is 1. The van der Waals surface area contributed by atoms with E-state index < -0.39 is 0 Å². The highest BCUT2D eigenvalue weighted by Gasteiger charge is 2.07. The van der Waals surface area contributed by atoms with Gasteiger partial charge in [-0.2, -0.15) is 0 Å². The van der Waals surface area contributed by atoms with Gasteiger partial charge in [-0.3, -0.25) is 9.36 Å². The molecule has 0 unspecified atom stereocenters. The Bertz CT molecular complexity index is 720. The van der Waals surface area contributed by atoms with Crippen molar-refractivity contribution in [3.05, 3.63) is 56.1 Å². The summed E-state index contributed by atoms with van der Waals surface area (Å²) in [5.41, 5.74) is 0.438. The Hall–Kier alpha value is -2.08. The summed E-state index contributed by atoms with van der Waals surface area (Å²) in [6.07, 6.45) is 3.10. The molecular formula is C12H13ClN4O2. The minimum atomic E-state index is -0.354. The van der Waals surface area contributed by atoms with E-state index in [1.54, 1.807) is 25.4 Å². The normalized spacial score (nSPS) is 10.5. The minimum absolute atomic E-state index is 0.270. The fourth-order valence-electron chi connectivity index (χ4n) is 1.71. The molecule has 0 saturated heterocycles. The van der Waals surface area contributed by atoms with Gasteiger partial charge in [0.15, 0.2) is 5.15 Å². The van der Waals surface area contributed by atoms with Crippen molar-refractivity contribution in [2.45, 2.75) is 6.54 Å². The van der Waals surface area contributed by atoms with Gasteiger partial charge in [-0.05, 0) is 12.1 Å². The SMILES string of the molecule is Cn1cc(CNc2cccnc2Cl)c(=O)n(C)c1=O. The first kappa shape index (κ1) is 13.4. The molecule has 0 aliphatic rings. The Kier molecular flexibility index (Phi) is 3.71. The summed E-state index contributed by atoms with van der Waals surface area (Å²) in [5, 5.41) is 3.36. The number of aryl methyl sites for hydroxylation is 1. The van der Waals surface area contributed by atoms with Crippen molar-refractivity contribution in [1.82, 2.24) is 14.1 Å². The average molecular weight is 281 g/mol. The van der Waals surface area contributed by atoms with Gasteiger partial charge < -0.3 is 9.88 Å². The summed E-state index contributed by atoms with van der Waals surface area (Å²) >= 11 is 5.91. The van der Waals surface area contributed by atoms with Crippen molar-refractivity contribution in [1.29, 1.82) is 0 Å². The maximum atomic E-state index is 11.9. The minimum Gasteiger partial charge on any atom is -0.378 e. The largest absolute Gasteiger partial charge is 0.378 e. The number of halogens is 1. The Labute approximate surface area is 114 Å². The molecule has 19 heavy (non-hydrogen) atoms. The molecule has 0 aliphatic heterocycles. The van der Waals surface area contributed by atoms with Gasteiger partial charge in [-0.25, -0.2) is 9.78 Å². The van der Waals surface area contributed by atoms with Crippen LogP contribution in [0.3, 0.4) is 0 Å². The predicted molar refractivity (Wildman–Crippen MR) is 73.5 cm³/mol. The smallest absolute Gasteiger partial charge is 0.330 e. The van der Waals surface area contributed by atoms with Crippen LogP contribution in [0.5, 0.6) is 0 Å². The number of rotatable bonds is 3. The second-order valence-electron chi connectivity index (χ2n) is 4.11. The van der Waals surface area contributed by atoms with E-state index in [-0.39, 0.29) is 17.8 Å². The number of aromatic nitrogens is 3. The van der Waals surface area contributed by atoms with Gasteiger partial charge in [-0.15, -0.1) is 0 Å². The number of pyridine rings is 1. The summed E-state index contributed by atoms with van der Waals surface area (Å²) in [5.74, 6) is 0. The molecule has 0 fully saturated rings. The van der Waals surface area contributed by atoms with E-state index in [9.17, 15) is 9.59 Å². The Morgan fingerprint density at radius 3 is 2.79 bits per heavy atom. The van der Waals surface area contributed by atoms with Gasteiger partial charge in [0.25, 0.3) is 5.56 Å². The van der Waals surface area contributed by atoms with Crippen LogP contribution in [-0.4, -0.2) is 14.1 Å². The molecule has 1 N–H and O–H groups in total. The first-order valence-corrected chi connectivity index (χ1v) is 5.98. The Morgan fingerprint density at radius 1 is 1.37 bits per heavy atom. The lowest BCUT2D eigenvalue weighted by Gasteiger charge is -2.09. The molecule has 0 bridgehead atoms. The van der Waals surface area contributed by atoms with Gasteiger partial charge in [-0.1, -0.05) is 11.6 Å². The second-order valence-corrected chi connectivity index (χ2v) is 4.47. The Balaban J connectivity index is 2.29. The van der Waals surface area contributed by atoms with Gasteiger partial charge in [0, 0.05) is 33.0 Å². The predicted octanol–water partition coefficient (Wildman–Crippen LogP) is 0.744. The summed E-state index contributed by atoms with van der Waals surface area (Å²) in [4.78, 5) is 27.4. The van der Waals surface area contributed by atoms with E-state index in [1.807, 2.05) is 0 Å². The fourth-order valence-corrected chi connectivity index (χ4v) is 1.90. The van der Waals surface area contributed by atoms with Crippen LogP contribution >= 0.6 is 11.6 Å². The van der Waals surface area contributed by atoms with Crippen LogP contribution in [0.4, 0.5) is 5.69 Å². The zero-order valence-electron chi connectivity index (χ0n) is 10.6. The number of hydrogen-bond acceptors (Lipinski definition) is 4. The van der Waals surface area contributed by atoms with Gasteiger partial charge in [0.05, 0.1) is 11.3 Å². The summed E-state index contributed by atoms with van der Waals surface area (Å²) in [7, 11) is 3.05. The molecule has 0 aliphatic carbocycles. The molecule has 0 radical (unpaired) electrons. The van der Waals surface area contributed by atoms with Gasteiger partial charge in [0.2, 0.25) is 0 Å². The highest BCUT2D eigenvalue weighted by atomic mass is 35.5. The maximum absolute atomic E-state index is 11.9. The highest BCUT2D eigenvalue weighted by Crippen LogP contribution is 2.17. The quantitative estimate of drug-likeness (QED) is 0.842. The molecule has 2 rings (SSSR count). The highest BCUT2D eigenvalue weighted by molar-refractivity contribution is 6.31. The summed E-state index contributed by atoms with van der Waals surface area (Å²) in [6, 6.07) is 3.51. The van der Waals surface area contributed by atoms with Crippen LogP contribution in [0.2, 0.25) is 5.15 Å². The molecule has 2 aromatic heterocycles. The lowest BCUT2D eigenvalue weighted by Crippen LogP contribution is -2.38. The lowest BCUT2D eigenvalue weighted by atomic mass is 10.3. The topological polar surface area (TPSA) is 68.9 Å². The van der Waals surface area contributed by atoms with E-state index in [2.05, 4.69) is 10.3 Å². The Morgan fingerprint density at radius 2 is 2.11 bits per heavy atom. The van der Waals surface area contributed by atoms with Gasteiger partial charge >= 0.3 is 5.69 Å². The molecule has 0 atom stereocenters. The van der Waals surface area contributed by atoms with Crippen LogP contribution in [0.25, 0.3) is 0 Å². The molecule has 7 heteroatoms. The number of anilines is 1. The van der Waals surface area contributed by atoms with Crippen molar-refractivity contribution in [3.8, 4) is 0 Å². The maximum Gasteiger partial charge on any atom is 0.330 e. The molecule has 0 saturated carbocycles.